The van der Waals surface area contributed by atoms with Crippen LogP contribution in [0.1, 0.15) is 46.0 Å². The van der Waals surface area contributed by atoms with Crippen LogP contribution in [0.2, 0.25) is 0 Å². The number of carbonyl (C=O) groups is 1. The minimum Gasteiger partial charge on any atom is -0.490 e. The van der Waals surface area contributed by atoms with Gasteiger partial charge in [0.05, 0.1) is 6.10 Å². The molecular weight excluding hydrogens is 264 g/mol. The van der Waals surface area contributed by atoms with Crippen LogP contribution >= 0.6 is 0 Å². The van der Waals surface area contributed by atoms with E-state index in [1.54, 1.807) is 0 Å². The second kappa shape index (κ2) is 7.91. The van der Waals surface area contributed by atoms with Gasteiger partial charge in [-0.25, -0.2) is 4.79 Å². The number of benzene rings is 1. The van der Waals surface area contributed by atoms with Crippen LogP contribution < -0.4 is 15.4 Å². The summed E-state index contributed by atoms with van der Waals surface area (Å²) >= 11 is 0. The zero-order chi connectivity index (χ0) is 15.1. The molecule has 2 N–H and O–H groups in total. The normalized spacial score (nSPS) is 15.2. The Hall–Kier alpha value is -1.71. The van der Waals surface area contributed by atoms with E-state index in [1.807, 2.05) is 24.3 Å². The van der Waals surface area contributed by atoms with Gasteiger partial charge in [-0.05, 0) is 62.3 Å². The molecule has 2 amide bonds. The Labute approximate surface area is 127 Å². The summed E-state index contributed by atoms with van der Waals surface area (Å²) < 4.78 is 5.90. The van der Waals surface area contributed by atoms with E-state index in [2.05, 4.69) is 24.5 Å². The van der Waals surface area contributed by atoms with E-state index in [9.17, 15) is 4.79 Å². The molecule has 1 fully saturated rings. The Morgan fingerprint density at radius 2 is 1.90 bits per heavy atom. The summed E-state index contributed by atoms with van der Waals surface area (Å²) in [5, 5.41) is 5.69. The van der Waals surface area contributed by atoms with Gasteiger partial charge in [0.15, 0.2) is 0 Å². The summed E-state index contributed by atoms with van der Waals surface area (Å²) in [5.41, 5.74) is 0.788. The molecule has 1 aromatic carbocycles. The van der Waals surface area contributed by atoms with Crippen molar-refractivity contribution in [2.24, 2.45) is 5.92 Å². The first-order chi connectivity index (χ1) is 10.1. The topological polar surface area (TPSA) is 50.4 Å². The molecule has 21 heavy (non-hydrogen) atoms. The predicted octanol–water partition coefficient (Wildman–Crippen LogP) is 4.18. The van der Waals surface area contributed by atoms with Gasteiger partial charge in [-0.3, -0.25) is 0 Å². The number of carbonyl (C=O) groups excluding carboxylic acids is 1. The highest BCUT2D eigenvalue weighted by molar-refractivity contribution is 5.89. The van der Waals surface area contributed by atoms with E-state index in [4.69, 9.17) is 4.74 Å². The summed E-state index contributed by atoms with van der Waals surface area (Å²) in [4.78, 5) is 11.7. The zero-order valence-electron chi connectivity index (χ0n) is 13.0. The number of nitrogens with one attached hydrogen (secondary N) is 2. The first-order valence-corrected chi connectivity index (χ1v) is 7.95. The fraction of sp³-hybridized carbons (Fsp3) is 0.588. The van der Waals surface area contributed by atoms with Gasteiger partial charge < -0.3 is 15.4 Å². The van der Waals surface area contributed by atoms with Crippen LogP contribution in [0.4, 0.5) is 10.5 Å². The summed E-state index contributed by atoms with van der Waals surface area (Å²) in [5.74, 6) is 1.48. The highest BCUT2D eigenvalue weighted by atomic mass is 16.5. The molecule has 1 aliphatic carbocycles. The largest absolute Gasteiger partial charge is 0.490 e. The van der Waals surface area contributed by atoms with E-state index < -0.39 is 0 Å². The third-order valence-electron chi connectivity index (χ3n) is 3.72. The van der Waals surface area contributed by atoms with Crippen molar-refractivity contribution in [2.45, 2.75) is 52.1 Å². The van der Waals surface area contributed by atoms with Gasteiger partial charge in [0.2, 0.25) is 0 Å². The van der Waals surface area contributed by atoms with Crippen LogP contribution in [0.5, 0.6) is 5.75 Å². The number of urea groups is 1. The molecule has 116 valence electrons. The first kappa shape index (κ1) is 15.7. The maximum atomic E-state index is 11.7. The Kier molecular flexibility index (Phi) is 5.90. The fourth-order valence-electron chi connectivity index (χ4n) is 2.47. The lowest BCUT2D eigenvalue weighted by atomic mass is 10.1. The molecule has 0 bridgehead atoms. The van der Waals surface area contributed by atoms with Crippen molar-refractivity contribution in [1.82, 2.24) is 5.32 Å². The number of anilines is 1. The summed E-state index contributed by atoms with van der Waals surface area (Å²) in [6.07, 6.45) is 6.18. The van der Waals surface area contributed by atoms with E-state index in [0.29, 0.717) is 18.6 Å². The molecule has 1 aromatic rings. The molecule has 4 nitrogen and oxygen atoms in total. The van der Waals surface area contributed by atoms with Crippen LogP contribution in [-0.2, 0) is 0 Å². The predicted molar refractivity (Wildman–Crippen MR) is 85.8 cm³/mol. The van der Waals surface area contributed by atoms with Crippen molar-refractivity contribution in [3.05, 3.63) is 24.3 Å². The Bertz CT molecular complexity index is 437. The standard InChI is InChI=1S/C17H26N2O2/c1-13(2)11-12-18-17(20)19-14-7-9-16(10-8-14)21-15-5-3-4-6-15/h7-10,13,15H,3-6,11-12H2,1-2H3,(H2,18,19,20). The lowest BCUT2D eigenvalue weighted by Gasteiger charge is -2.13. The lowest BCUT2D eigenvalue weighted by Crippen LogP contribution is -2.30. The maximum Gasteiger partial charge on any atom is 0.319 e. The van der Waals surface area contributed by atoms with Crippen molar-refractivity contribution in [3.8, 4) is 5.75 Å². The number of ether oxygens (including phenoxy) is 1. The fourth-order valence-corrected chi connectivity index (χ4v) is 2.47. The zero-order valence-corrected chi connectivity index (χ0v) is 13.0. The molecule has 0 heterocycles. The van der Waals surface area contributed by atoms with Crippen molar-refractivity contribution >= 4 is 11.7 Å². The quantitative estimate of drug-likeness (QED) is 0.826. The van der Waals surface area contributed by atoms with Crippen LogP contribution in [0.3, 0.4) is 0 Å². The summed E-state index contributed by atoms with van der Waals surface area (Å²) in [7, 11) is 0. The third-order valence-corrected chi connectivity index (χ3v) is 3.72. The van der Waals surface area contributed by atoms with Crippen molar-refractivity contribution in [1.29, 1.82) is 0 Å². The number of amides is 2. The van der Waals surface area contributed by atoms with Crippen LogP contribution in [0.15, 0.2) is 24.3 Å². The van der Waals surface area contributed by atoms with E-state index >= 15 is 0 Å². The van der Waals surface area contributed by atoms with Crippen LogP contribution in [-0.4, -0.2) is 18.7 Å². The molecular formula is C17H26N2O2. The molecule has 0 spiro atoms. The average molecular weight is 290 g/mol. The van der Waals surface area contributed by atoms with Gasteiger partial charge in [-0.15, -0.1) is 0 Å². The number of rotatable bonds is 6. The molecule has 1 saturated carbocycles. The minimum atomic E-state index is -0.153. The number of hydrogen-bond donors (Lipinski definition) is 2. The smallest absolute Gasteiger partial charge is 0.319 e. The molecule has 2 rings (SSSR count). The van der Waals surface area contributed by atoms with Gasteiger partial charge in [0.1, 0.15) is 5.75 Å². The summed E-state index contributed by atoms with van der Waals surface area (Å²) in [6.45, 7) is 4.98. The Morgan fingerprint density at radius 3 is 2.52 bits per heavy atom. The van der Waals surface area contributed by atoms with Crippen LogP contribution in [0, 0.1) is 5.92 Å². The lowest BCUT2D eigenvalue weighted by molar-refractivity contribution is 0.210. The first-order valence-electron chi connectivity index (χ1n) is 7.95. The van der Waals surface area contributed by atoms with Crippen LogP contribution in [0.25, 0.3) is 0 Å². The molecule has 0 atom stereocenters. The van der Waals surface area contributed by atoms with Crippen molar-refractivity contribution < 1.29 is 9.53 Å². The van der Waals surface area contributed by atoms with Crippen molar-refractivity contribution in [3.63, 3.8) is 0 Å². The molecule has 1 aliphatic rings. The average Bonchev–Trinajstić information content (AvgIpc) is 2.93. The van der Waals surface area contributed by atoms with Crippen molar-refractivity contribution in [2.75, 3.05) is 11.9 Å². The molecule has 0 saturated heterocycles. The van der Waals surface area contributed by atoms with E-state index in [0.717, 1.165) is 30.7 Å². The second-order valence-corrected chi connectivity index (χ2v) is 6.11. The van der Waals surface area contributed by atoms with Gasteiger partial charge in [0, 0.05) is 12.2 Å². The highest BCUT2D eigenvalue weighted by Crippen LogP contribution is 2.24. The summed E-state index contributed by atoms with van der Waals surface area (Å²) in [6, 6.07) is 7.45. The molecule has 0 radical (unpaired) electrons. The molecule has 0 unspecified atom stereocenters. The molecule has 0 aromatic heterocycles. The van der Waals surface area contributed by atoms with Gasteiger partial charge >= 0.3 is 6.03 Å². The van der Waals surface area contributed by atoms with E-state index in [-0.39, 0.29) is 6.03 Å². The van der Waals surface area contributed by atoms with Gasteiger partial charge in [-0.1, -0.05) is 13.8 Å². The van der Waals surface area contributed by atoms with Gasteiger partial charge in [-0.2, -0.15) is 0 Å². The SMILES string of the molecule is CC(C)CCNC(=O)Nc1ccc(OC2CCCC2)cc1. The molecule has 0 aliphatic heterocycles. The highest BCUT2D eigenvalue weighted by Gasteiger charge is 2.16. The second-order valence-electron chi connectivity index (χ2n) is 6.11. The molecule has 4 heteroatoms. The maximum absolute atomic E-state index is 11.7. The minimum absolute atomic E-state index is 0.153. The van der Waals surface area contributed by atoms with E-state index in [1.165, 1.54) is 12.8 Å². The Morgan fingerprint density at radius 1 is 1.24 bits per heavy atom. The monoisotopic (exact) mass is 290 g/mol. The third kappa shape index (κ3) is 5.66. The number of hydrogen-bond acceptors (Lipinski definition) is 2. The Balaban J connectivity index is 1.74. The van der Waals surface area contributed by atoms with Gasteiger partial charge in [0.25, 0.3) is 0 Å².